The van der Waals surface area contributed by atoms with Gasteiger partial charge in [-0.3, -0.25) is 9.59 Å². The number of halogens is 9. The highest BCUT2D eigenvalue weighted by Crippen LogP contribution is 2.54. The molecule has 0 aliphatic rings. The Bertz CT molecular complexity index is 634. The predicted octanol–water partition coefficient (Wildman–Crippen LogP) is 4.66. The minimum atomic E-state index is -6.92. The SMILES string of the molecule is O=C(O)CC(OC(=O)CCCCCCCC(F)(F)C(F)(F)C(F)(F)C(F)(F)F)C(=O)O. The van der Waals surface area contributed by atoms with Gasteiger partial charge in [0.1, 0.15) is 0 Å². The largest absolute Gasteiger partial charge is 0.481 e. The predicted molar refractivity (Wildman–Crippen MR) is 83.0 cm³/mol. The van der Waals surface area contributed by atoms with Crippen LogP contribution in [0.1, 0.15) is 51.4 Å². The highest BCUT2D eigenvalue weighted by Gasteiger charge is 2.81. The number of ether oxygens (including phenoxy) is 1. The van der Waals surface area contributed by atoms with Gasteiger partial charge in [0.2, 0.25) is 6.10 Å². The first-order valence-corrected chi connectivity index (χ1v) is 8.71. The molecule has 6 nitrogen and oxygen atoms in total. The van der Waals surface area contributed by atoms with E-state index in [9.17, 15) is 53.9 Å². The average molecular weight is 478 g/mol. The first-order valence-electron chi connectivity index (χ1n) is 8.71. The summed E-state index contributed by atoms with van der Waals surface area (Å²) in [5, 5.41) is 17.2. The van der Waals surface area contributed by atoms with Gasteiger partial charge in [0.15, 0.2) is 0 Å². The summed E-state index contributed by atoms with van der Waals surface area (Å²) in [7, 11) is 0. The molecular weight excluding hydrogens is 459 g/mol. The van der Waals surface area contributed by atoms with Gasteiger partial charge in [0, 0.05) is 12.8 Å². The Morgan fingerprint density at radius 2 is 1.23 bits per heavy atom. The Kier molecular flexibility index (Phi) is 10.1. The van der Waals surface area contributed by atoms with Crippen molar-refractivity contribution in [3.63, 3.8) is 0 Å². The van der Waals surface area contributed by atoms with E-state index < -0.39 is 67.2 Å². The summed E-state index contributed by atoms with van der Waals surface area (Å²) >= 11 is 0. The Morgan fingerprint density at radius 1 is 0.742 bits per heavy atom. The van der Waals surface area contributed by atoms with Gasteiger partial charge in [0.25, 0.3) is 0 Å². The van der Waals surface area contributed by atoms with E-state index in [1.54, 1.807) is 0 Å². The molecule has 0 aliphatic carbocycles. The molecule has 15 heteroatoms. The van der Waals surface area contributed by atoms with Crippen molar-refractivity contribution in [3.8, 4) is 0 Å². The molecule has 0 amide bonds. The summed E-state index contributed by atoms with van der Waals surface area (Å²) in [4.78, 5) is 32.6. The van der Waals surface area contributed by atoms with Crippen LogP contribution < -0.4 is 0 Å². The third kappa shape index (κ3) is 8.09. The fraction of sp³-hybridized carbons (Fsp3) is 0.812. The number of carbonyl (C=O) groups is 3. The van der Waals surface area contributed by atoms with Gasteiger partial charge in [-0.1, -0.05) is 19.3 Å². The van der Waals surface area contributed by atoms with Crippen LogP contribution >= 0.6 is 0 Å². The van der Waals surface area contributed by atoms with Crippen molar-refractivity contribution >= 4 is 17.9 Å². The number of carbonyl (C=O) groups excluding carboxylic acids is 1. The zero-order valence-corrected chi connectivity index (χ0v) is 15.7. The molecule has 182 valence electrons. The van der Waals surface area contributed by atoms with Crippen LogP contribution in [0.25, 0.3) is 0 Å². The maximum Gasteiger partial charge on any atom is 0.460 e. The maximum atomic E-state index is 13.3. The first kappa shape index (κ1) is 28.8. The van der Waals surface area contributed by atoms with Crippen molar-refractivity contribution in [3.05, 3.63) is 0 Å². The number of rotatable bonds is 14. The van der Waals surface area contributed by atoms with Crippen molar-refractivity contribution in [1.82, 2.24) is 0 Å². The van der Waals surface area contributed by atoms with E-state index in [-0.39, 0.29) is 32.1 Å². The summed E-state index contributed by atoms with van der Waals surface area (Å²) < 4.78 is 119. The lowest BCUT2D eigenvalue weighted by atomic mass is 9.98. The van der Waals surface area contributed by atoms with Crippen molar-refractivity contribution in [2.75, 3.05) is 0 Å². The van der Waals surface area contributed by atoms with E-state index in [1.165, 1.54) is 0 Å². The molecule has 0 aromatic rings. The second-order valence-electron chi connectivity index (χ2n) is 6.53. The molecule has 0 spiro atoms. The van der Waals surface area contributed by atoms with Crippen LogP contribution in [-0.2, 0) is 19.1 Å². The van der Waals surface area contributed by atoms with Crippen LogP contribution in [0.5, 0.6) is 0 Å². The highest BCUT2D eigenvalue weighted by molar-refractivity contribution is 5.82. The zero-order valence-electron chi connectivity index (χ0n) is 15.7. The second kappa shape index (κ2) is 10.9. The Hall–Kier alpha value is -2.22. The smallest absolute Gasteiger partial charge is 0.460 e. The molecule has 1 atom stereocenters. The zero-order chi connectivity index (χ0) is 24.7. The summed E-state index contributed by atoms with van der Waals surface area (Å²) in [6.45, 7) is 0. The van der Waals surface area contributed by atoms with Gasteiger partial charge < -0.3 is 14.9 Å². The van der Waals surface area contributed by atoms with Gasteiger partial charge >= 0.3 is 41.9 Å². The minimum absolute atomic E-state index is 0.0109. The summed E-state index contributed by atoms with van der Waals surface area (Å²) in [6.07, 6.45) is -13.0. The number of hydrogen-bond donors (Lipinski definition) is 2. The van der Waals surface area contributed by atoms with Gasteiger partial charge in [-0.2, -0.15) is 39.5 Å². The molecule has 0 bridgehead atoms. The van der Waals surface area contributed by atoms with Crippen LogP contribution in [0.2, 0.25) is 0 Å². The molecule has 0 heterocycles. The maximum absolute atomic E-state index is 13.3. The lowest BCUT2D eigenvalue weighted by molar-refractivity contribution is -0.396. The number of alkyl halides is 9. The van der Waals surface area contributed by atoms with E-state index in [2.05, 4.69) is 4.74 Å². The molecule has 0 fully saturated rings. The summed E-state index contributed by atoms with van der Waals surface area (Å²) in [5.41, 5.74) is 0. The van der Waals surface area contributed by atoms with Gasteiger partial charge in [-0.05, 0) is 12.8 Å². The van der Waals surface area contributed by atoms with Crippen LogP contribution in [0.4, 0.5) is 39.5 Å². The Labute approximate surface area is 169 Å². The quantitative estimate of drug-likeness (QED) is 0.214. The van der Waals surface area contributed by atoms with E-state index in [0.29, 0.717) is 0 Å². The number of aliphatic carboxylic acids is 2. The minimum Gasteiger partial charge on any atom is -0.481 e. The van der Waals surface area contributed by atoms with E-state index in [1.807, 2.05) is 0 Å². The van der Waals surface area contributed by atoms with Gasteiger partial charge in [-0.25, -0.2) is 4.79 Å². The number of carboxylic acids is 2. The fourth-order valence-corrected chi connectivity index (χ4v) is 2.27. The molecule has 0 radical (unpaired) electrons. The molecule has 0 aromatic heterocycles. The monoisotopic (exact) mass is 478 g/mol. The summed E-state index contributed by atoms with van der Waals surface area (Å²) in [5.74, 6) is -23.5. The molecular formula is C16H19F9O6. The van der Waals surface area contributed by atoms with Crippen molar-refractivity contribution in [2.24, 2.45) is 0 Å². The topological polar surface area (TPSA) is 101 Å². The number of esters is 1. The van der Waals surface area contributed by atoms with Crippen LogP contribution in [0, 0.1) is 0 Å². The molecule has 0 saturated carbocycles. The molecule has 0 saturated heterocycles. The lowest BCUT2D eigenvalue weighted by Crippen LogP contribution is -2.60. The summed E-state index contributed by atoms with van der Waals surface area (Å²) in [6, 6.07) is 0. The van der Waals surface area contributed by atoms with Crippen LogP contribution in [-0.4, -0.2) is 58.2 Å². The number of carboxylic acid groups (broad SMARTS) is 2. The Balaban J connectivity index is 4.37. The molecule has 1 unspecified atom stereocenters. The van der Waals surface area contributed by atoms with E-state index in [4.69, 9.17) is 10.2 Å². The Morgan fingerprint density at radius 3 is 1.68 bits per heavy atom. The second-order valence-corrected chi connectivity index (χ2v) is 6.53. The van der Waals surface area contributed by atoms with Crippen LogP contribution in [0.15, 0.2) is 0 Å². The molecule has 0 rings (SSSR count). The third-order valence-electron chi connectivity index (χ3n) is 3.99. The molecule has 2 N–H and O–H groups in total. The third-order valence-corrected chi connectivity index (χ3v) is 3.99. The van der Waals surface area contributed by atoms with Crippen molar-refractivity contribution in [2.45, 2.75) is 81.4 Å². The van der Waals surface area contributed by atoms with Gasteiger partial charge in [0.05, 0.1) is 6.42 Å². The van der Waals surface area contributed by atoms with E-state index in [0.717, 1.165) is 0 Å². The lowest BCUT2D eigenvalue weighted by Gasteiger charge is -2.33. The molecule has 31 heavy (non-hydrogen) atoms. The van der Waals surface area contributed by atoms with Gasteiger partial charge in [-0.15, -0.1) is 0 Å². The van der Waals surface area contributed by atoms with Crippen molar-refractivity contribution < 1.29 is 68.8 Å². The normalized spacial score (nSPS) is 14.2. The standard InChI is InChI=1S/C16H19F9O6/c17-13(18,14(19,20)15(21,22)16(23,24)25)7-5-3-1-2-4-6-11(28)31-9(12(29)30)8-10(26)27/h9H,1-8H2,(H,26,27)(H,29,30). The number of hydrogen-bond acceptors (Lipinski definition) is 4. The van der Waals surface area contributed by atoms with Crippen LogP contribution in [0.3, 0.4) is 0 Å². The van der Waals surface area contributed by atoms with E-state index >= 15 is 0 Å². The van der Waals surface area contributed by atoms with Crippen molar-refractivity contribution in [1.29, 1.82) is 0 Å². The molecule has 0 aromatic carbocycles. The number of unbranched alkanes of at least 4 members (excludes halogenated alkanes) is 4. The average Bonchev–Trinajstić information content (AvgIpc) is 2.58. The first-order chi connectivity index (χ1) is 13.9. The highest BCUT2D eigenvalue weighted by atomic mass is 19.4. The molecule has 0 aliphatic heterocycles. The fourth-order valence-electron chi connectivity index (χ4n) is 2.27.